The van der Waals surface area contributed by atoms with Gasteiger partial charge in [-0.15, -0.1) is 24.8 Å². The first-order valence-electron chi connectivity index (χ1n) is 11.1. The molecular formula is C26H34Cl2N2O2. The van der Waals surface area contributed by atoms with Crippen molar-refractivity contribution < 1.29 is 9.90 Å². The molecule has 0 radical (unpaired) electrons. The molecule has 0 bridgehead atoms. The summed E-state index contributed by atoms with van der Waals surface area (Å²) in [5.41, 5.74) is 0.636. The van der Waals surface area contributed by atoms with Crippen LogP contribution in [0.1, 0.15) is 30.4 Å². The van der Waals surface area contributed by atoms with E-state index in [1.54, 1.807) is 0 Å². The summed E-state index contributed by atoms with van der Waals surface area (Å²) in [4.78, 5) is 17.9. The lowest BCUT2D eigenvalue weighted by Crippen LogP contribution is -2.53. The summed E-state index contributed by atoms with van der Waals surface area (Å²) < 4.78 is 0. The number of carbonyl (C=O) groups excluding carboxylic acids is 1. The molecule has 2 aromatic rings. The molecule has 1 aliphatic carbocycles. The lowest BCUT2D eigenvalue weighted by atomic mass is 9.67. The van der Waals surface area contributed by atoms with Crippen LogP contribution in [0.15, 0.2) is 66.7 Å². The van der Waals surface area contributed by atoms with Crippen molar-refractivity contribution >= 4 is 36.7 Å². The first kappa shape index (κ1) is 26.6. The van der Waals surface area contributed by atoms with Crippen LogP contribution < -0.4 is 0 Å². The van der Waals surface area contributed by atoms with Crippen molar-refractivity contribution in [3.05, 3.63) is 77.9 Å². The van der Waals surface area contributed by atoms with Gasteiger partial charge in [-0.1, -0.05) is 79.2 Å². The number of hydrogen-bond donors (Lipinski definition) is 1. The van der Waals surface area contributed by atoms with Gasteiger partial charge in [-0.25, -0.2) is 0 Å². The van der Waals surface area contributed by atoms with Crippen molar-refractivity contribution in [2.75, 3.05) is 39.3 Å². The summed E-state index contributed by atoms with van der Waals surface area (Å²) in [7, 11) is 0. The number of carbonyl (C=O) groups is 1. The second-order valence-electron chi connectivity index (χ2n) is 8.57. The largest absolute Gasteiger partial charge is 0.377 e. The molecule has 4 nitrogen and oxygen atoms in total. The molecule has 1 unspecified atom stereocenters. The molecular weight excluding hydrogens is 443 g/mol. The molecule has 2 aromatic carbocycles. The van der Waals surface area contributed by atoms with Gasteiger partial charge in [0.25, 0.3) is 0 Å². The number of rotatable bonds is 8. The van der Waals surface area contributed by atoms with Gasteiger partial charge in [-0.05, 0) is 29.9 Å². The third-order valence-electron chi connectivity index (χ3n) is 6.64. The Morgan fingerprint density at radius 2 is 1.47 bits per heavy atom. The van der Waals surface area contributed by atoms with Crippen LogP contribution in [0.3, 0.4) is 0 Å². The normalized spacial score (nSPS) is 19.4. The maximum atomic E-state index is 13.3. The second kappa shape index (κ2) is 12.5. The number of ketones is 1. The molecule has 174 valence electrons. The maximum absolute atomic E-state index is 13.3. The molecule has 1 saturated carbocycles. The van der Waals surface area contributed by atoms with Crippen LogP contribution >= 0.6 is 24.8 Å². The first-order chi connectivity index (χ1) is 14.7. The van der Waals surface area contributed by atoms with E-state index in [0.717, 1.165) is 57.5 Å². The van der Waals surface area contributed by atoms with E-state index >= 15 is 0 Å². The number of hydrogen-bond acceptors (Lipinski definition) is 4. The molecule has 1 saturated heterocycles. The van der Waals surface area contributed by atoms with Crippen molar-refractivity contribution in [3.63, 3.8) is 0 Å². The molecule has 1 aliphatic heterocycles. The van der Waals surface area contributed by atoms with Crippen LogP contribution in [-0.4, -0.2) is 60.0 Å². The summed E-state index contributed by atoms with van der Waals surface area (Å²) in [6.07, 6.45) is 7.33. The summed E-state index contributed by atoms with van der Waals surface area (Å²) >= 11 is 0. The quantitative estimate of drug-likeness (QED) is 0.612. The highest BCUT2D eigenvalue weighted by Crippen LogP contribution is 2.43. The Morgan fingerprint density at radius 3 is 2.03 bits per heavy atom. The summed E-state index contributed by atoms with van der Waals surface area (Å²) in [5, 5.41) is 11.5. The van der Waals surface area contributed by atoms with Crippen LogP contribution in [-0.2, 0) is 10.4 Å². The van der Waals surface area contributed by atoms with Gasteiger partial charge in [0.05, 0.1) is 6.54 Å². The van der Waals surface area contributed by atoms with E-state index in [2.05, 4.69) is 46.2 Å². The minimum atomic E-state index is -1.34. The standard InChI is InChI=1S/C26H32N2O2.2ClH/c29-25(26(30,24-14-7-15-24)23-12-5-2-6-13-23)21-28-19-17-27(18-20-28)16-8-11-22-9-3-1-4-10-22;;/h1-6,8-13,24,30H,7,14-21H2;2*1H. The van der Waals surface area contributed by atoms with Gasteiger partial charge in [-0.2, -0.15) is 0 Å². The van der Waals surface area contributed by atoms with E-state index < -0.39 is 5.60 Å². The van der Waals surface area contributed by atoms with Crippen molar-refractivity contribution in [2.45, 2.75) is 24.9 Å². The Bertz CT molecular complexity index is 851. The van der Waals surface area contributed by atoms with Crippen molar-refractivity contribution in [3.8, 4) is 0 Å². The number of aliphatic hydroxyl groups is 1. The molecule has 32 heavy (non-hydrogen) atoms. The molecule has 1 heterocycles. The molecule has 6 heteroatoms. The molecule has 1 atom stereocenters. The van der Waals surface area contributed by atoms with Crippen LogP contribution in [0.5, 0.6) is 0 Å². The van der Waals surface area contributed by atoms with E-state index in [-0.39, 0.29) is 36.5 Å². The highest BCUT2D eigenvalue weighted by molar-refractivity contribution is 5.90. The van der Waals surface area contributed by atoms with Gasteiger partial charge in [0.15, 0.2) is 11.4 Å². The Balaban J connectivity index is 0.00000181. The smallest absolute Gasteiger partial charge is 0.183 e. The number of nitrogens with zero attached hydrogens (tertiary/aromatic N) is 2. The zero-order chi connectivity index (χ0) is 20.8. The fourth-order valence-electron chi connectivity index (χ4n) is 4.50. The monoisotopic (exact) mass is 476 g/mol. The van der Waals surface area contributed by atoms with Crippen LogP contribution in [0.25, 0.3) is 6.08 Å². The average molecular weight is 477 g/mol. The van der Waals surface area contributed by atoms with Gasteiger partial charge in [-0.3, -0.25) is 14.6 Å². The fourth-order valence-corrected chi connectivity index (χ4v) is 4.50. The van der Waals surface area contributed by atoms with Crippen molar-refractivity contribution in [1.82, 2.24) is 9.80 Å². The number of benzene rings is 2. The van der Waals surface area contributed by atoms with Crippen molar-refractivity contribution in [2.24, 2.45) is 5.92 Å². The summed E-state index contributed by atoms with van der Waals surface area (Å²) in [5.74, 6) is 0.00707. The van der Waals surface area contributed by atoms with E-state index in [0.29, 0.717) is 6.54 Å². The minimum Gasteiger partial charge on any atom is -0.377 e. The molecule has 0 amide bonds. The van der Waals surface area contributed by atoms with Gasteiger partial charge in [0, 0.05) is 32.7 Å². The van der Waals surface area contributed by atoms with E-state index in [1.165, 1.54) is 5.56 Å². The summed E-state index contributed by atoms with van der Waals surface area (Å²) in [6.45, 7) is 4.86. The topological polar surface area (TPSA) is 43.8 Å². The first-order valence-corrected chi connectivity index (χ1v) is 11.1. The minimum absolute atomic E-state index is 0. The number of piperazine rings is 1. The zero-order valence-electron chi connectivity index (χ0n) is 18.4. The van der Waals surface area contributed by atoms with Gasteiger partial charge >= 0.3 is 0 Å². The third-order valence-corrected chi connectivity index (χ3v) is 6.64. The van der Waals surface area contributed by atoms with Gasteiger partial charge in [0.2, 0.25) is 0 Å². The lowest BCUT2D eigenvalue weighted by Gasteiger charge is -2.42. The molecule has 4 rings (SSSR count). The Labute approximate surface area is 204 Å². The van der Waals surface area contributed by atoms with Gasteiger partial charge < -0.3 is 5.11 Å². The lowest BCUT2D eigenvalue weighted by molar-refractivity contribution is -0.151. The number of halogens is 2. The van der Waals surface area contributed by atoms with Gasteiger partial charge in [0.1, 0.15) is 0 Å². The highest BCUT2D eigenvalue weighted by Gasteiger charge is 2.47. The third kappa shape index (κ3) is 6.21. The Morgan fingerprint density at radius 1 is 0.906 bits per heavy atom. The molecule has 0 spiro atoms. The predicted molar refractivity (Wildman–Crippen MR) is 136 cm³/mol. The predicted octanol–water partition coefficient (Wildman–Crippen LogP) is 4.42. The fraction of sp³-hybridized carbons (Fsp3) is 0.423. The Hall–Kier alpha value is -1.69. The van der Waals surface area contributed by atoms with E-state index in [1.807, 2.05) is 36.4 Å². The van der Waals surface area contributed by atoms with E-state index in [4.69, 9.17) is 0 Å². The molecule has 0 aromatic heterocycles. The average Bonchev–Trinajstić information content (AvgIpc) is 2.75. The zero-order valence-corrected chi connectivity index (χ0v) is 20.1. The SMILES string of the molecule is Cl.Cl.O=C(CN1CCN(CC=Cc2ccccc2)CC1)C(O)(c1ccccc1)C1CCC1. The van der Waals surface area contributed by atoms with Crippen LogP contribution in [0.2, 0.25) is 0 Å². The highest BCUT2D eigenvalue weighted by atomic mass is 35.5. The summed E-state index contributed by atoms with van der Waals surface area (Å²) in [6, 6.07) is 19.9. The van der Waals surface area contributed by atoms with E-state index in [9.17, 15) is 9.90 Å². The number of Topliss-reactive ketones (excluding diaryl/α,β-unsaturated/α-hetero) is 1. The second-order valence-corrected chi connectivity index (χ2v) is 8.57. The van der Waals surface area contributed by atoms with Crippen molar-refractivity contribution in [1.29, 1.82) is 0 Å². The van der Waals surface area contributed by atoms with Crippen LogP contribution in [0, 0.1) is 5.92 Å². The molecule has 2 fully saturated rings. The van der Waals surface area contributed by atoms with Crippen LogP contribution in [0.4, 0.5) is 0 Å². The maximum Gasteiger partial charge on any atom is 0.183 e. The molecule has 2 aliphatic rings. The Kier molecular flexibility index (Phi) is 10.4. The molecule has 1 N–H and O–H groups in total.